The van der Waals surface area contributed by atoms with Crippen LogP contribution in [0.1, 0.15) is 28.1 Å². The van der Waals surface area contributed by atoms with E-state index in [9.17, 15) is 18.0 Å². The third-order valence-corrected chi connectivity index (χ3v) is 7.55. The summed E-state index contributed by atoms with van der Waals surface area (Å²) < 4.78 is 32.6. The monoisotopic (exact) mass is 467 g/mol. The van der Waals surface area contributed by atoms with Crippen molar-refractivity contribution in [2.75, 3.05) is 26.2 Å². The molecule has 0 saturated carbocycles. The lowest BCUT2D eigenvalue weighted by Crippen LogP contribution is -2.50. The van der Waals surface area contributed by atoms with E-state index in [0.717, 1.165) is 11.1 Å². The van der Waals surface area contributed by atoms with Crippen LogP contribution in [0.15, 0.2) is 76.5 Å². The summed E-state index contributed by atoms with van der Waals surface area (Å²) in [7, 11) is -3.68. The molecule has 1 aromatic carbocycles. The Labute approximate surface area is 192 Å². The summed E-state index contributed by atoms with van der Waals surface area (Å²) in [6.45, 7) is 1.01. The number of carbonyl (C=O) groups is 2. The van der Waals surface area contributed by atoms with E-state index >= 15 is 0 Å². The van der Waals surface area contributed by atoms with E-state index in [0.29, 0.717) is 25.9 Å². The lowest BCUT2D eigenvalue weighted by Gasteiger charge is -2.33. The minimum absolute atomic E-state index is 0.0896. The zero-order valence-electron chi connectivity index (χ0n) is 18.1. The van der Waals surface area contributed by atoms with Crippen LogP contribution in [0.2, 0.25) is 0 Å². The number of hydrogen-bond acceptors (Lipinski definition) is 6. The van der Waals surface area contributed by atoms with Crippen molar-refractivity contribution in [1.82, 2.24) is 14.2 Å². The van der Waals surface area contributed by atoms with Crippen molar-refractivity contribution in [3.05, 3.63) is 84.1 Å². The molecule has 0 aliphatic carbocycles. The second-order valence-electron chi connectivity index (χ2n) is 7.89. The summed E-state index contributed by atoms with van der Waals surface area (Å²) in [6.07, 6.45) is 6.18. The van der Waals surface area contributed by atoms with Crippen LogP contribution >= 0.6 is 0 Å². The summed E-state index contributed by atoms with van der Waals surface area (Å²) in [5, 5.41) is 0. The molecular formula is C24H25N3O5S. The molecule has 1 aliphatic heterocycles. The molecule has 3 aromatic rings. The average Bonchev–Trinajstić information content (AvgIpc) is 3.38. The molecule has 0 bridgehead atoms. The van der Waals surface area contributed by atoms with E-state index in [-0.39, 0.29) is 41.9 Å². The van der Waals surface area contributed by atoms with Crippen LogP contribution in [0.3, 0.4) is 0 Å². The van der Waals surface area contributed by atoms with Crippen molar-refractivity contribution in [2.24, 2.45) is 0 Å². The number of carbonyl (C=O) groups excluding carboxylic acids is 2. The molecule has 3 heterocycles. The fourth-order valence-electron chi connectivity index (χ4n) is 3.76. The van der Waals surface area contributed by atoms with Gasteiger partial charge in [-0.1, -0.05) is 18.2 Å². The van der Waals surface area contributed by atoms with Gasteiger partial charge in [0.1, 0.15) is 5.78 Å². The van der Waals surface area contributed by atoms with Gasteiger partial charge >= 0.3 is 0 Å². The molecule has 0 radical (unpaired) electrons. The normalized spacial score (nSPS) is 14.8. The molecule has 2 aromatic heterocycles. The minimum Gasteiger partial charge on any atom is -0.459 e. The van der Waals surface area contributed by atoms with Crippen LogP contribution in [0.25, 0.3) is 0 Å². The third-order valence-electron chi connectivity index (χ3n) is 5.64. The van der Waals surface area contributed by atoms with Crippen LogP contribution in [-0.2, 0) is 27.7 Å². The number of furan rings is 1. The summed E-state index contributed by atoms with van der Waals surface area (Å²) in [5.74, 6) is 0.0956. The van der Waals surface area contributed by atoms with E-state index in [4.69, 9.17) is 4.42 Å². The molecule has 172 valence electrons. The lowest BCUT2D eigenvalue weighted by atomic mass is 10.0. The Morgan fingerprint density at radius 3 is 2.33 bits per heavy atom. The van der Waals surface area contributed by atoms with Crippen molar-refractivity contribution in [2.45, 2.75) is 24.2 Å². The number of aryl methyl sites for hydroxylation is 1. The fourth-order valence-corrected chi connectivity index (χ4v) is 5.18. The van der Waals surface area contributed by atoms with Gasteiger partial charge in [-0.15, -0.1) is 0 Å². The molecule has 33 heavy (non-hydrogen) atoms. The average molecular weight is 468 g/mol. The fraction of sp³-hybridized carbons (Fsp3) is 0.292. The number of aromatic nitrogens is 1. The van der Waals surface area contributed by atoms with E-state index in [1.54, 1.807) is 53.7 Å². The number of piperazine rings is 1. The second kappa shape index (κ2) is 10.1. The van der Waals surface area contributed by atoms with Crippen molar-refractivity contribution < 1.29 is 22.4 Å². The Bertz CT molecular complexity index is 1180. The Morgan fingerprint density at radius 2 is 1.70 bits per heavy atom. The van der Waals surface area contributed by atoms with Gasteiger partial charge in [0.2, 0.25) is 10.0 Å². The van der Waals surface area contributed by atoms with E-state index in [1.807, 2.05) is 12.1 Å². The van der Waals surface area contributed by atoms with Crippen molar-refractivity contribution in [1.29, 1.82) is 0 Å². The van der Waals surface area contributed by atoms with Crippen molar-refractivity contribution in [3.63, 3.8) is 0 Å². The van der Waals surface area contributed by atoms with E-state index in [1.165, 1.54) is 10.6 Å². The third kappa shape index (κ3) is 5.55. The highest BCUT2D eigenvalue weighted by Crippen LogP contribution is 2.20. The molecule has 4 rings (SSSR count). The minimum atomic E-state index is -3.68. The molecule has 1 aliphatic rings. The van der Waals surface area contributed by atoms with Crippen LogP contribution in [0, 0.1) is 0 Å². The number of nitrogens with zero attached hydrogens (tertiary/aromatic N) is 3. The van der Waals surface area contributed by atoms with Crippen molar-refractivity contribution in [3.8, 4) is 0 Å². The highest BCUT2D eigenvalue weighted by Gasteiger charge is 2.31. The number of rotatable bonds is 8. The molecule has 1 fully saturated rings. The number of ketones is 1. The van der Waals surface area contributed by atoms with Crippen LogP contribution in [0.5, 0.6) is 0 Å². The van der Waals surface area contributed by atoms with Gasteiger partial charge in [-0.25, -0.2) is 8.42 Å². The Balaban J connectivity index is 1.31. The molecular weight excluding hydrogens is 442 g/mol. The number of amides is 1. The first kappa shape index (κ1) is 22.9. The summed E-state index contributed by atoms with van der Waals surface area (Å²) in [5.41, 5.74) is 1.79. The van der Waals surface area contributed by atoms with Crippen molar-refractivity contribution >= 4 is 21.7 Å². The van der Waals surface area contributed by atoms with Gasteiger partial charge in [0.15, 0.2) is 5.76 Å². The summed E-state index contributed by atoms with van der Waals surface area (Å²) in [4.78, 5) is 30.5. The zero-order valence-corrected chi connectivity index (χ0v) is 18.9. The maximum Gasteiger partial charge on any atom is 0.289 e. The Morgan fingerprint density at radius 1 is 0.939 bits per heavy atom. The smallest absolute Gasteiger partial charge is 0.289 e. The molecule has 1 amide bonds. The molecule has 0 unspecified atom stereocenters. The van der Waals surface area contributed by atoms with Gasteiger partial charge in [-0.2, -0.15) is 4.31 Å². The number of sulfonamides is 1. The molecule has 0 atom stereocenters. The van der Waals surface area contributed by atoms with Gasteiger partial charge in [0.05, 0.1) is 11.2 Å². The number of benzene rings is 1. The Hall–Kier alpha value is -3.30. The first-order chi connectivity index (χ1) is 15.9. The maximum absolute atomic E-state index is 13.0. The van der Waals surface area contributed by atoms with Gasteiger partial charge in [0.25, 0.3) is 5.91 Å². The topological polar surface area (TPSA) is 101 Å². The molecule has 1 saturated heterocycles. The van der Waals surface area contributed by atoms with Crippen LogP contribution in [0.4, 0.5) is 0 Å². The van der Waals surface area contributed by atoms with Gasteiger partial charge in [0, 0.05) is 51.4 Å². The first-order valence-corrected chi connectivity index (χ1v) is 12.2. The summed E-state index contributed by atoms with van der Waals surface area (Å²) >= 11 is 0. The van der Waals surface area contributed by atoms with E-state index < -0.39 is 10.0 Å². The number of hydrogen-bond donors (Lipinski definition) is 0. The number of Topliss-reactive ketones (excluding diaryl/α,β-unsaturated/α-hetero) is 1. The standard InChI is InChI=1S/C24H25N3O5S/c28-21(8-5-20-3-1-11-25-18-20)17-19-6-9-22(10-7-19)33(30,31)27-14-12-26(13-15-27)24(29)23-4-2-16-32-23/h1-4,6-7,9-11,16,18H,5,8,12-15,17H2. The predicted molar refractivity (Wildman–Crippen MR) is 121 cm³/mol. The molecule has 8 nitrogen and oxygen atoms in total. The zero-order chi connectivity index (χ0) is 23.3. The first-order valence-electron chi connectivity index (χ1n) is 10.8. The lowest BCUT2D eigenvalue weighted by molar-refractivity contribution is -0.118. The molecule has 0 spiro atoms. The SMILES string of the molecule is O=C(CCc1cccnc1)Cc1ccc(S(=O)(=O)N2CCN(C(=O)c3ccco3)CC2)cc1. The highest BCUT2D eigenvalue weighted by molar-refractivity contribution is 7.89. The quantitative estimate of drug-likeness (QED) is 0.505. The second-order valence-corrected chi connectivity index (χ2v) is 9.83. The van der Waals surface area contributed by atoms with Crippen LogP contribution in [-0.4, -0.2) is 60.5 Å². The predicted octanol–water partition coefficient (Wildman–Crippen LogP) is 2.57. The maximum atomic E-state index is 13.0. The summed E-state index contributed by atoms with van der Waals surface area (Å²) in [6, 6.07) is 13.5. The van der Waals surface area contributed by atoms with Crippen LogP contribution < -0.4 is 0 Å². The van der Waals surface area contributed by atoms with E-state index in [2.05, 4.69) is 4.98 Å². The Kier molecular flexibility index (Phi) is 7.00. The van der Waals surface area contributed by atoms with Gasteiger partial charge in [-0.3, -0.25) is 14.6 Å². The molecule has 0 N–H and O–H groups in total. The van der Waals surface area contributed by atoms with Gasteiger partial charge in [-0.05, 0) is 47.9 Å². The molecule has 9 heteroatoms. The number of pyridine rings is 1. The highest BCUT2D eigenvalue weighted by atomic mass is 32.2. The largest absolute Gasteiger partial charge is 0.459 e. The van der Waals surface area contributed by atoms with Gasteiger partial charge < -0.3 is 9.32 Å².